The predicted molar refractivity (Wildman–Crippen MR) is 73.7 cm³/mol. The number of imide groups is 1. The van der Waals surface area contributed by atoms with Gasteiger partial charge in [-0.25, -0.2) is 4.79 Å². The zero-order valence-electron chi connectivity index (χ0n) is 11.9. The van der Waals surface area contributed by atoms with Crippen LogP contribution in [0, 0.1) is 0 Å². The van der Waals surface area contributed by atoms with Crippen molar-refractivity contribution in [1.82, 2.24) is 10.2 Å². The van der Waals surface area contributed by atoms with E-state index in [9.17, 15) is 9.59 Å². The number of rotatable bonds is 3. The molecule has 1 N–H and O–H groups in total. The molecular weight excluding hydrogens is 240 g/mol. The first kappa shape index (κ1) is 13.6. The molecule has 0 bridgehead atoms. The average molecular weight is 260 g/mol. The molecule has 1 fully saturated rings. The number of nitrogens with zero attached hydrogens (tertiary/aromatic N) is 1. The van der Waals surface area contributed by atoms with Crippen molar-refractivity contribution in [1.29, 1.82) is 0 Å². The van der Waals surface area contributed by atoms with Crippen molar-refractivity contribution < 1.29 is 9.59 Å². The van der Waals surface area contributed by atoms with Gasteiger partial charge in [-0.05, 0) is 30.9 Å². The molecule has 1 aliphatic heterocycles. The molecular formula is C15H20N2O2. The van der Waals surface area contributed by atoms with Crippen molar-refractivity contribution in [3.05, 3.63) is 35.4 Å². The molecule has 0 atom stereocenters. The maximum Gasteiger partial charge on any atom is 0.325 e. The third kappa shape index (κ3) is 2.48. The van der Waals surface area contributed by atoms with Crippen LogP contribution in [0.1, 0.15) is 44.7 Å². The molecule has 1 aromatic carbocycles. The Labute approximate surface area is 113 Å². The van der Waals surface area contributed by atoms with E-state index in [2.05, 4.69) is 31.3 Å². The van der Waals surface area contributed by atoms with Gasteiger partial charge >= 0.3 is 6.03 Å². The monoisotopic (exact) mass is 260 g/mol. The van der Waals surface area contributed by atoms with E-state index in [0.29, 0.717) is 12.5 Å². The van der Waals surface area contributed by atoms with E-state index in [1.165, 1.54) is 5.56 Å². The van der Waals surface area contributed by atoms with Gasteiger partial charge in [-0.3, -0.25) is 10.1 Å². The van der Waals surface area contributed by atoms with E-state index < -0.39 is 5.54 Å². The van der Waals surface area contributed by atoms with Gasteiger partial charge in [0, 0.05) is 6.54 Å². The van der Waals surface area contributed by atoms with E-state index in [0.717, 1.165) is 5.56 Å². The highest BCUT2D eigenvalue weighted by atomic mass is 16.2. The highest BCUT2D eigenvalue weighted by molar-refractivity contribution is 6.06. The molecule has 4 nitrogen and oxygen atoms in total. The topological polar surface area (TPSA) is 49.4 Å². The van der Waals surface area contributed by atoms with Gasteiger partial charge in [-0.15, -0.1) is 0 Å². The molecule has 3 amide bonds. The lowest BCUT2D eigenvalue weighted by Crippen LogP contribution is -2.43. The van der Waals surface area contributed by atoms with Gasteiger partial charge in [0.1, 0.15) is 5.54 Å². The largest absolute Gasteiger partial charge is 0.325 e. The van der Waals surface area contributed by atoms with Crippen molar-refractivity contribution in [2.45, 2.75) is 45.7 Å². The van der Waals surface area contributed by atoms with Gasteiger partial charge in [-0.2, -0.15) is 0 Å². The number of benzene rings is 1. The van der Waals surface area contributed by atoms with Gasteiger partial charge in [0.15, 0.2) is 0 Å². The van der Waals surface area contributed by atoms with Crippen LogP contribution in [0.25, 0.3) is 0 Å². The van der Waals surface area contributed by atoms with Gasteiger partial charge in [0.05, 0.1) is 0 Å². The number of carbonyl (C=O) groups excluding carboxylic acids is 2. The summed E-state index contributed by atoms with van der Waals surface area (Å²) in [5.74, 6) is 0.249. The lowest BCUT2D eigenvalue weighted by atomic mass is 10.0. The zero-order chi connectivity index (χ0) is 14.2. The Morgan fingerprint density at radius 2 is 1.74 bits per heavy atom. The van der Waals surface area contributed by atoms with Crippen molar-refractivity contribution in [3.63, 3.8) is 0 Å². The Morgan fingerprint density at radius 3 is 2.16 bits per heavy atom. The van der Waals surface area contributed by atoms with Crippen molar-refractivity contribution in [2.24, 2.45) is 0 Å². The number of nitrogens with one attached hydrogen (secondary N) is 1. The van der Waals surface area contributed by atoms with E-state index in [-0.39, 0.29) is 11.9 Å². The third-order valence-corrected chi connectivity index (χ3v) is 3.68. The summed E-state index contributed by atoms with van der Waals surface area (Å²) >= 11 is 0. The van der Waals surface area contributed by atoms with Crippen LogP contribution in [-0.4, -0.2) is 22.4 Å². The molecule has 1 saturated heterocycles. The Bertz CT molecular complexity index is 503. The molecule has 0 saturated carbocycles. The van der Waals surface area contributed by atoms with E-state index in [4.69, 9.17) is 0 Å². The molecule has 102 valence electrons. The fourth-order valence-electron chi connectivity index (χ4n) is 2.15. The smallest absolute Gasteiger partial charge is 0.306 e. The maximum absolute atomic E-state index is 11.8. The summed E-state index contributed by atoms with van der Waals surface area (Å²) in [6.07, 6.45) is 0. The van der Waals surface area contributed by atoms with Crippen LogP contribution < -0.4 is 5.32 Å². The first-order chi connectivity index (χ1) is 8.82. The maximum atomic E-state index is 11.8. The first-order valence-corrected chi connectivity index (χ1v) is 6.54. The standard InChI is InChI=1S/C15H20N2O2/c1-10(2)12-7-5-11(6-8-12)9-17-14(19)16-13(18)15(17,3)4/h5-8,10H,9H2,1-4H3,(H,16,18,19). The van der Waals surface area contributed by atoms with Crippen molar-refractivity contribution in [2.75, 3.05) is 0 Å². The molecule has 1 aliphatic rings. The molecule has 1 aromatic rings. The van der Waals surface area contributed by atoms with Crippen LogP contribution in [0.5, 0.6) is 0 Å². The number of hydrogen-bond donors (Lipinski definition) is 1. The van der Waals surface area contributed by atoms with Crippen LogP contribution in [0.15, 0.2) is 24.3 Å². The summed E-state index contributed by atoms with van der Waals surface area (Å²) in [4.78, 5) is 25.0. The van der Waals surface area contributed by atoms with Crippen LogP contribution in [-0.2, 0) is 11.3 Å². The molecule has 0 radical (unpaired) electrons. The second-order valence-corrected chi connectivity index (χ2v) is 5.80. The summed E-state index contributed by atoms with van der Waals surface area (Å²) in [6, 6.07) is 7.86. The summed E-state index contributed by atoms with van der Waals surface area (Å²) in [6.45, 7) is 8.25. The van der Waals surface area contributed by atoms with Gasteiger partial charge in [0.2, 0.25) is 0 Å². The Morgan fingerprint density at radius 1 is 1.16 bits per heavy atom. The van der Waals surface area contributed by atoms with Crippen LogP contribution in [0.4, 0.5) is 4.79 Å². The highest BCUT2D eigenvalue weighted by Crippen LogP contribution is 2.24. The number of amides is 3. The quantitative estimate of drug-likeness (QED) is 0.849. The normalized spacial score (nSPS) is 18.1. The molecule has 4 heteroatoms. The third-order valence-electron chi connectivity index (χ3n) is 3.68. The Kier molecular flexibility index (Phi) is 3.35. The minimum absolute atomic E-state index is 0.240. The second-order valence-electron chi connectivity index (χ2n) is 5.80. The van der Waals surface area contributed by atoms with Crippen molar-refractivity contribution in [3.8, 4) is 0 Å². The molecule has 0 aliphatic carbocycles. The lowest BCUT2D eigenvalue weighted by Gasteiger charge is -2.28. The Hall–Kier alpha value is -1.84. The second kappa shape index (κ2) is 4.68. The van der Waals surface area contributed by atoms with Gasteiger partial charge in [0.25, 0.3) is 5.91 Å². The van der Waals surface area contributed by atoms with E-state index >= 15 is 0 Å². The summed E-state index contributed by atoms with van der Waals surface area (Å²) in [7, 11) is 0. The van der Waals surface area contributed by atoms with Gasteiger partial charge in [-0.1, -0.05) is 38.1 Å². The van der Waals surface area contributed by atoms with Crippen LogP contribution in [0.3, 0.4) is 0 Å². The fourth-order valence-corrected chi connectivity index (χ4v) is 2.15. The SMILES string of the molecule is CC(C)c1ccc(CN2C(=O)NC(=O)C2(C)C)cc1. The molecule has 1 heterocycles. The molecule has 19 heavy (non-hydrogen) atoms. The highest BCUT2D eigenvalue weighted by Gasteiger charge is 2.45. The van der Waals surface area contributed by atoms with E-state index in [1.807, 2.05) is 12.1 Å². The summed E-state index contributed by atoms with van der Waals surface area (Å²) in [5.41, 5.74) is 1.51. The number of hydrogen-bond acceptors (Lipinski definition) is 2. The predicted octanol–water partition coefficient (Wildman–Crippen LogP) is 2.64. The van der Waals surface area contributed by atoms with Crippen LogP contribution >= 0.6 is 0 Å². The number of carbonyl (C=O) groups is 2. The fraction of sp³-hybridized carbons (Fsp3) is 0.467. The summed E-state index contributed by atoms with van der Waals surface area (Å²) in [5, 5.41) is 2.36. The summed E-state index contributed by atoms with van der Waals surface area (Å²) < 4.78 is 0. The number of urea groups is 1. The lowest BCUT2D eigenvalue weighted by molar-refractivity contribution is -0.125. The van der Waals surface area contributed by atoms with Gasteiger partial charge < -0.3 is 4.90 Å². The minimum Gasteiger partial charge on any atom is -0.306 e. The zero-order valence-corrected chi connectivity index (χ0v) is 11.9. The average Bonchev–Trinajstić information content (AvgIpc) is 2.53. The molecule has 2 rings (SSSR count). The Balaban J connectivity index is 2.17. The van der Waals surface area contributed by atoms with E-state index in [1.54, 1.807) is 18.7 Å². The molecule has 0 unspecified atom stereocenters. The first-order valence-electron chi connectivity index (χ1n) is 6.54. The molecule has 0 spiro atoms. The van der Waals surface area contributed by atoms with Crippen molar-refractivity contribution >= 4 is 11.9 Å². The molecule has 0 aromatic heterocycles. The van der Waals surface area contributed by atoms with Crippen LogP contribution in [0.2, 0.25) is 0 Å². The minimum atomic E-state index is -0.784.